The fourth-order valence-electron chi connectivity index (χ4n) is 1.73. The van der Waals surface area contributed by atoms with Crippen LogP contribution in [0.15, 0.2) is 12.1 Å². The molecule has 0 aliphatic heterocycles. The van der Waals surface area contributed by atoms with Crippen molar-refractivity contribution in [3.05, 3.63) is 23.4 Å². The Hall–Kier alpha value is -1.77. The Balaban J connectivity index is 2.66. The molecule has 0 aliphatic carbocycles. The van der Waals surface area contributed by atoms with Crippen LogP contribution in [0.5, 0.6) is 0 Å². The first-order chi connectivity index (χ1) is 9.34. The van der Waals surface area contributed by atoms with Gasteiger partial charge in [0.15, 0.2) is 0 Å². The summed E-state index contributed by atoms with van der Waals surface area (Å²) in [6, 6.07) is 3.81. The lowest BCUT2D eigenvalue weighted by Crippen LogP contribution is -2.12. The van der Waals surface area contributed by atoms with E-state index in [0.717, 1.165) is 31.4 Å². The highest BCUT2D eigenvalue weighted by molar-refractivity contribution is 5.52. The summed E-state index contributed by atoms with van der Waals surface area (Å²) in [5.74, 6) is 0.614. The van der Waals surface area contributed by atoms with Crippen LogP contribution in [0.1, 0.15) is 44.4 Å². The van der Waals surface area contributed by atoms with Gasteiger partial charge in [0.05, 0.1) is 5.56 Å². The van der Waals surface area contributed by atoms with E-state index >= 15 is 0 Å². The molecule has 0 aliphatic rings. The van der Waals surface area contributed by atoms with Crippen molar-refractivity contribution in [2.45, 2.75) is 39.3 Å². The van der Waals surface area contributed by atoms with Crippen LogP contribution in [0.2, 0.25) is 0 Å². The van der Waals surface area contributed by atoms with Crippen LogP contribution in [0, 0.1) is 17.2 Å². The topological polar surface area (TPSA) is 48.7 Å². The minimum atomic E-state index is -4.50. The van der Waals surface area contributed by atoms with Gasteiger partial charge >= 0.3 is 6.18 Å². The smallest absolute Gasteiger partial charge is 0.369 e. The largest absolute Gasteiger partial charge is 0.433 e. The van der Waals surface area contributed by atoms with E-state index in [-0.39, 0.29) is 11.4 Å². The van der Waals surface area contributed by atoms with Gasteiger partial charge in [0.1, 0.15) is 17.6 Å². The van der Waals surface area contributed by atoms with E-state index in [9.17, 15) is 13.2 Å². The maximum Gasteiger partial charge on any atom is 0.433 e. The predicted molar refractivity (Wildman–Crippen MR) is 71.1 cm³/mol. The van der Waals surface area contributed by atoms with Gasteiger partial charge in [0, 0.05) is 6.54 Å². The number of hydrogen-bond acceptors (Lipinski definition) is 3. The van der Waals surface area contributed by atoms with Crippen molar-refractivity contribution in [2.24, 2.45) is 5.92 Å². The van der Waals surface area contributed by atoms with Gasteiger partial charge in [-0.15, -0.1) is 0 Å². The first-order valence-corrected chi connectivity index (χ1v) is 6.56. The lowest BCUT2D eigenvalue weighted by Gasteiger charge is -2.11. The van der Waals surface area contributed by atoms with E-state index in [1.165, 1.54) is 0 Å². The first-order valence-electron chi connectivity index (χ1n) is 6.56. The van der Waals surface area contributed by atoms with E-state index in [1.54, 1.807) is 0 Å². The van der Waals surface area contributed by atoms with Gasteiger partial charge < -0.3 is 5.32 Å². The molecule has 1 aromatic rings. The van der Waals surface area contributed by atoms with Gasteiger partial charge in [-0.1, -0.05) is 26.7 Å². The third-order valence-electron chi connectivity index (χ3n) is 2.81. The molecule has 0 bridgehead atoms. The van der Waals surface area contributed by atoms with E-state index in [4.69, 9.17) is 5.26 Å². The predicted octanol–water partition coefficient (Wildman–Crippen LogP) is 4.21. The number of hydrogen-bond donors (Lipinski definition) is 1. The van der Waals surface area contributed by atoms with Crippen molar-refractivity contribution in [3.8, 4) is 6.07 Å². The third kappa shape index (κ3) is 5.08. The summed E-state index contributed by atoms with van der Waals surface area (Å²) in [5.41, 5.74) is -0.858. The summed E-state index contributed by atoms with van der Waals surface area (Å²) >= 11 is 0. The zero-order valence-electron chi connectivity index (χ0n) is 11.6. The summed E-state index contributed by atoms with van der Waals surface area (Å²) in [6.07, 6.45) is -1.60. The first kappa shape index (κ1) is 16.3. The Morgan fingerprint density at radius 2 is 2.00 bits per heavy atom. The fourth-order valence-corrected chi connectivity index (χ4v) is 1.73. The Morgan fingerprint density at radius 1 is 1.30 bits per heavy atom. The average molecular weight is 285 g/mol. The lowest BCUT2D eigenvalue weighted by molar-refractivity contribution is -0.141. The van der Waals surface area contributed by atoms with Crippen molar-refractivity contribution in [1.29, 1.82) is 5.26 Å². The SMILES string of the molecule is CC(C)CCCCNc1nc(C(F)(F)F)ccc1C#N. The van der Waals surface area contributed by atoms with E-state index < -0.39 is 11.9 Å². The van der Waals surface area contributed by atoms with Crippen molar-refractivity contribution < 1.29 is 13.2 Å². The molecule has 0 fully saturated rings. The maximum atomic E-state index is 12.6. The van der Waals surface area contributed by atoms with Gasteiger partial charge in [-0.2, -0.15) is 18.4 Å². The highest BCUT2D eigenvalue weighted by Crippen LogP contribution is 2.29. The molecule has 0 unspecified atom stereocenters. The molecule has 1 heterocycles. The highest BCUT2D eigenvalue weighted by Gasteiger charge is 2.33. The number of nitriles is 1. The van der Waals surface area contributed by atoms with E-state index in [2.05, 4.69) is 24.1 Å². The summed E-state index contributed by atoms with van der Waals surface area (Å²) < 4.78 is 37.7. The van der Waals surface area contributed by atoms with Crippen molar-refractivity contribution in [1.82, 2.24) is 4.98 Å². The van der Waals surface area contributed by atoms with E-state index in [1.807, 2.05) is 6.07 Å². The Morgan fingerprint density at radius 3 is 2.55 bits per heavy atom. The second-order valence-corrected chi connectivity index (χ2v) is 5.02. The quantitative estimate of drug-likeness (QED) is 0.796. The number of pyridine rings is 1. The van der Waals surface area contributed by atoms with Crippen LogP contribution < -0.4 is 5.32 Å². The zero-order chi connectivity index (χ0) is 15.2. The van der Waals surface area contributed by atoms with Gasteiger partial charge in [0.2, 0.25) is 0 Å². The normalized spacial score (nSPS) is 11.4. The van der Waals surface area contributed by atoms with Crippen LogP contribution in [0.25, 0.3) is 0 Å². The van der Waals surface area contributed by atoms with Gasteiger partial charge in [-0.25, -0.2) is 4.98 Å². The molecule has 0 aromatic carbocycles. The number of aromatic nitrogens is 1. The summed E-state index contributed by atoms with van der Waals surface area (Å²) in [7, 11) is 0. The average Bonchev–Trinajstić information content (AvgIpc) is 2.36. The molecular formula is C14H18F3N3. The Labute approximate surface area is 116 Å². The number of alkyl halides is 3. The fraction of sp³-hybridized carbons (Fsp3) is 0.571. The summed E-state index contributed by atoms with van der Waals surface area (Å²) in [6.45, 7) is 4.75. The minimum Gasteiger partial charge on any atom is -0.369 e. The summed E-state index contributed by atoms with van der Waals surface area (Å²) in [5, 5.41) is 11.7. The number of unbranched alkanes of at least 4 members (excludes halogenated alkanes) is 1. The number of nitrogens with one attached hydrogen (secondary N) is 1. The minimum absolute atomic E-state index is 0.00636. The molecule has 0 spiro atoms. The third-order valence-corrected chi connectivity index (χ3v) is 2.81. The van der Waals surface area contributed by atoms with E-state index in [0.29, 0.717) is 12.5 Å². The summed E-state index contributed by atoms with van der Waals surface area (Å²) in [4.78, 5) is 3.49. The standard InChI is InChI=1S/C14H18F3N3/c1-10(2)5-3-4-8-19-13-11(9-18)6-7-12(20-13)14(15,16)17/h6-7,10H,3-5,8H2,1-2H3,(H,19,20). The molecule has 0 amide bonds. The molecule has 0 atom stereocenters. The van der Waals surface area contributed by atoms with Crippen LogP contribution in [-0.4, -0.2) is 11.5 Å². The number of rotatable bonds is 6. The van der Waals surface area contributed by atoms with Gasteiger partial charge in [0.25, 0.3) is 0 Å². The number of anilines is 1. The molecule has 1 N–H and O–H groups in total. The molecule has 0 saturated carbocycles. The molecule has 3 nitrogen and oxygen atoms in total. The molecule has 0 radical (unpaired) electrons. The van der Waals surface area contributed by atoms with Crippen LogP contribution in [-0.2, 0) is 6.18 Å². The van der Waals surface area contributed by atoms with Crippen LogP contribution in [0.3, 0.4) is 0 Å². The van der Waals surface area contributed by atoms with Crippen LogP contribution in [0.4, 0.5) is 19.0 Å². The molecule has 0 saturated heterocycles. The monoisotopic (exact) mass is 285 g/mol. The van der Waals surface area contributed by atoms with Crippen molar-refractivity contribution in [2.75, 3.05) is 11.9 Å². The maximum absolute atomic E-state index is 12.6. The molecule has 110 valence electrons. The molecule has 1 rings (SSSR count). The second-order valence-electron chi connectivity index (χ2n) is 5.02. The molecule has 1 aromatic heterocycles. The molecule has 20 heavy (non-hydrogen) atoms. The second kappa shape index (κ2) is 7.13. The Kier molecular flexibility index (Phi) is 5.81. The van der Waals surface area contributed by atoms with Crippen LogP contribution >= 0.6 is 0 Å². The lowest BCUT2D eigenvalue weighted by atomic mass is 10.1. The van der Waals surface area contributed by atoms with Gasteiger partial charge in [-0.3, -0.25) is 0 Å². The van der Waals surface area contributed by atoms with Crippen molar-refractivity contribution in [3.63, 3.8) is 0 Å². The number of nitrogens with zero attached hydrogens (tertiary/aromatic N) is 2. The highest BCUT2D eigenvalue weighted by atomic mass is 19.4. The van der Waals surface area contributed by atoms with Gasteiger partial charge in [-0.05, 0) is 24.5 Å². The number of halogens is 3. The molecular weight excluding hydrogens is 267 g/mol. The Bertz CT molecular complexity index is 476. The van der Waals surface area contributed by atoms with Crippen molar-refractivity contribution >= 4 is 5.82 Å². The molecule has 6 heteroatoms. The zero-order valence-corrected chi connectivity index (χ0v) is 11.6.